The number of hydrogen-bond donors (Lipinski definition) is 1. The molecule has 0 bridgehead atoms. The Morgan fingerprint density at radius 1 is 1.17 bits per heavy atom. The van der Waals surface area contributed by atoms with Crippen molar-refractivity contribution in [2.24, 2.45) is 5.92 Å². The lowest BCUT2D eigenvalue weighted by atomic mass is 10.0. The molecule has 7 heteroatoms. The molecule has 4 rings (SSSR count). The smallest absolute Gasteiger partial charge is 0.289 e. The normalized spacial score (nSPS) is 17.7. The van der Waals surface area contributed by atoms with Gasteiger partial charge in [0.15, 0.2) is 5.82 Å². The molecular weight excluding hydrogens is 292 g/mol. The van der Waals surface area contributed by atoms with E-state index < -0.39 is 0 Å². The van der Waals surface area contributed by atoms with Crippen molar-refractivity contribution in [2.45, 2.75) is 18.8 Å². The summed E-state index contributed by atoms with van der Waals surface area (Å²) >= 11 is 0. The molecule has 2 aromatic rings. The van der Waals surface area contributed by atoms with Crippen LogP contribution in [0.25, 0.3) is 0 Å². The second-order valence-electron chi connectivity index (χ2n) is 6.14. The van der Waals surface area contributed by atoms with Crippen molar-refractivity contribution in [3.8, 4) is 0 Å². The van der Waals surface area contributed by atoms with Crippen LogP contribution >= 0.6 is 0 Å². The van der Waals surface area contributed by atoms with Crippen molar-refractivity contribution in [3.05, 3.63) is 42.1 Å². The Labute approximate surface area is 134 Å². The average Bonchev–Trinajstić information content (AvgIpc) is 3.39. The minimum Gasteiger partial charge on any atom is -0.354 e. The third-order valence-corrected chi connectivity index (χ3v) is 4.27. The first-order valence-electron chi connectivity index (χ1n) is 7.93. The summed E-state index contributed by atoms with van der Waals surface area (Å²) in [6.07, 6.45) is 5.61. The van der Waals surface area contributed by atoms with Crippen LogP contribution in [0.3, 0.4) is 0 Å². The number of nitrogens with zero attached hydrogens (tertiary/aromatic N) is 5. The fourth-order valence-electron chi connectivity index (χ4n) is 2.72. The Bertz CT molecular complexity index is 679. The minimum atomic E-state index is -0.224. The van der Waals surface area contributed by atoms with E-state index >= 15 is 0 Å². The van der Waals surface area contributed by atoms with E-state index in [9.17, 15) is 4.79 Å². The van der Waals surface area contributed by atoms with Crippen LogP contribution in [-0.4, -0.2) is 45.7 Å². The Hall–Kier alpha value is -2.57. The van der Waals surface area contributed by atoms with E-state index in [2.05, 4.69) is 36.4 Å². The summed E-state index contributed by atoms with van der Waals surface area (Å²) in [5.41, 5.74) is 1.11. The predicted molar refractivity (Wildman–Crippen MR) is 84.1 cm³/mol. The highest BCUT2D eigenvalue weighted by atomic mass is 16.2. The van der Waals surface area contributed by atoms with Crippen molar-refractivity contribution in [1.82, 2.24) is 25.5 Å². The first kappa shape index (κ1) is 14.0. The van der Waals surface area contributed by atoms with E-state index in [1.54, 1.807) is 18.5 Å². The van der Waals surface area contributed by atoms with E-state index in [4.69, 9.17) is 0 Å². The van der Waals surface area contributed by atoms with Crippen molar-refractivity contribution >= 4 is 11.7 Å². The Morgan fingerprint density at radius 3 is 2.61 bits per heavy atom. The fourth-order valence-corrected chi connectivity index (χ4v) is 2.72. The van der Waals surface area contributed by atoms with Crippen LogP contribution in [0.2, 0.25) is 0 Å². The first-order valence-corrected chi connectivity index (χ1v) is 7.93. The molecule has 23 heavy (non-hydrogen) atoms. The summed E-state index contributed by atoms with van der Waals surface area (Å²) in [7, 11) is 0. The number of amides is 1. The van der Waals surface area contributed by atoms with Gasteiger partial charge in [-0.25, -0.2) is 9.97 Å². The third kappa shape index (κ3) is 3.13. The van der Waals surface area contributed by atoms with Crippen LogP contribution in [0.5, 0.6) is 0 Å². The number of hydrogen-bond acceptors (Lipinski definition) is 6. The van der Waals surface area contributed by atoms with Gasteiger partial charge < -0.3 is 10.2 Å². The van der Waals surface area contributed by atoms with Gasteiger partial charge in [0.1, 0.15) is 0 Å². The van der Waals surface area contributed by atoms with Crippen molar-refractivity contribution < 1.29 is 4.79 Å². The number of carbonyl (C=O) groups excluding carboxylic acids is 1. The van der Waals surface area contributed by atoms with Gasteiger partial charge in [-0.05, 0) is 31.0 Å². The average molecular weight is 310 g/mol. The number of anilines is 1. The second-order valence-corrected chi connectivity index (χ2v) is 6.14. The van der Waals surface area contributed by atoms with E-state index in [0.29, 0.717) is 18.4 Å². The maximum absolute atomic E-state index is 11.9. The van der Waals surface area contributed by atoms with Crippen molar-refractivity contribution in [2.75, 3.05) is 24.5 Å². The van der Waals surface area contributed by atoms with Gasteiger partial charge in [0.2, 0.25) is 5.82 Å². The summed E-state index contributed by atoms with van der Waals surface area (Å²) in [6.45, 7) is 2.39. The highest BCUT2D eigenvalue weighted by Gasteiger charge is 2.30. The quantitative estimate of drug-likeness (QED) is 0.887. The lowest BCUT2D eigenvalue weighted by molar-refractivity contribution is 0.0934. The van der Waals surface area contributed by atoms with Crippen LogP contribution in [-0.2, 0) is 0 Å². The fraction of sp³-hybridized carbons (Fsp3) is 0.438. The molecule has 1 saturated heterocycles. The maximum atomic E-state index is 11.9. The molecule has 0 aromatic carbocycles. The number of aromatic nitrogens is 4. The van der Waals surface area contributed by atoms with Crippen LogP contribution < -0.4 is 10.2 Å². The largest absolute Gasteiger partial charge is 0.354 e. The second kappa shape index (κ2) is 5.91. The molecule has 2 fully saturated rings. The van der Waals surface area contributed by atoms with Crippen LogP contribution in [0.1, 0.15) is 35.1 Å². The lowest BCUT2D eigenvalue weighted by Gasteiger charge is -2.39. The number of rotatable bonds is 5. The number of carbonyl (C=O) groups is 1. The van der Waals surface area contributed by atoms with Gasteiger partial charge in [-0.2, -0.15) is 5.10 Å². The van der Waals surface area contributed by atoms with Gasteiger partial charge in [-0.1, -0.05) is 0 Å². The summed E-state index contributed by atoms with van der Waals surface area (Å²) in [6, 6.07) is 5.82. The van der Waals surface area contributed by atoms with Crippen LogP contribution in [0.15, 0.2) is 30.6 Å². The van der Waals surface area contributed by atoms with Crippen molar-refractivity contribution in [3.63, 3.8) is 0 Å². The number of nitrogens with one attached hydrogen (secondary N) is 1. The molecule has 0 unspecified atom stereocenters. The summed E-state index contributed by atoms with van der Waals surface area (Å²) < 4.78 is 0. The molecule has 1 N–H and O–H groups in total. The molecule has 3 heterocycles. The molecule has 0 spiro atoms. The zero-order valence-corrected chi connectivity index (χ0v) is 12.7. The van der Waals surface area contributed by atoms with E-state index in [1.807, 2.05) is 6.07 Å². The van der Waals surface area contributed by atoms with Gasteiger partial charge in [0.05, 0.1) is 5.69 Å². The highest BCUT2D eigenvalue weighted by molar-refractivity contribution is 5.90. The highest BCUT2D eigenvalue weighted by Crippen LogP contribution is 2.38. The zero-order valence-electron chi connectivity index (χ0n) is 12.7. The Kier molecular flexibility index (Phi) is 3.61. The molecule has 118 valence electrons. The minimum absolute atomic E-state index is 0.213. The van der Waals surface area contributed by atoms with Crippen LogP contribution in [0.4, 0.5) is 5.82 Å². The van der Waals surface area contributed by atoms with Gasteiger partial charge in [0, 0.05) is 43.9 Å². The van der Waals surface area contributed by atoms with Crippen LogP contribution in [0, 0.1) is 5.92 Å². The summed E-state index contributed by atoms with van der Waals surface area (Å²) in [5, 5.41) is 11.5. The zero-order chi connectivity index (χ0) is 15.6. The van der Waals surface area contributed by atoms with Crippen molar-refractivity contribution in [1.29, 1.82) is 0 Å². The molecular formula is C16H18N6O. The molecule has 7 nitrogen and oxygen atoms in total. The maximum Gasteiger partial charge on any atom is 0.289 e. The molecule has 1 amide bonds. The molecule has 1 aliphatic carbocycles. The van der Waals surface area contributed by atoms with E-state index in [0.717, 1.165) is 24.6 Å². The Balaban J connectivity index is 1.24. The molecule has 2 aromatic heterocycles. The van der Waals surface area contributed by atoms with Gasteiger partial charge in [-0.3, -0.25) is 4.79 Å². The SMILES string of the molecule is O=C(NCC1CN(c2ccc(C3CC3)nn2)C1)c1ncccn1. The lowest BCUT2D eigenvalue weighted by Crippen LogP contribution is -2.52. The van der Waals surface area contributed by atoms with Gasteiger partial charge >= 0.3 is 0 Å². The monoisotopic (exact) mass is 310 g/mol. The predicted octanol–water partition coefficient (Wildman–Crippen LogP) is 1.01. The van der Waals surface area contributed by atoms with Gasteiger partial charge in [0.25, 0.3) is 5.91 Å². The van der Waals surface area contributed by atoms with Gasteiger partial charge in [-0.15, -0.1) is 5.10 Å². The molecule has 1 saturated carbocycles. The third-order valence-electron chi connectivity index (χ3n) is 4.27. The van der Waals surface area contributed by atoms with E-state index in [-0.39, 0.29) is 11.7 Å². The Morgan fingerprint density at radius 2 is 1.96 bits per heavy atom. The molecule has 0 atom stereocenters. The standard InChI is InChI=1S/C16H18N6O/c23-16(15-17-6-1-7-18-15)19-8-11-9-22(10-11)14-5-4-13(20-21-14)12-2-3-12/h1,4-7,11-12H,2-3,8-10H2,(H,19,23). The first-order chi connectivity index (χ1) is 11.3. The summed E-state index contributed by atoms with van der Waals surface area (Å²) in [4.78, 5) is 21.9. The topological polar surface area (TPSA) is 83.9 Å². The van der Waals surface area contributed by atoms with E-state index in [1.165, 1.54) is 12.8 Å². The summed E-state index contributed by atoms with van der Waals surface area (Å²) in [5.74, 6) is 1.97. The molecule has 2 aliphatic rings. The molecule has 0 radical (unpaired) electrons. The molecule has 1 aliphatic heterocycles.